The van der Waals surface area contributed by atoms with E-state index in [4.69, 9.17) is 10.6 Å². The second kappa shape index (κ2) is 6.52. The van der Waals surface area contributed by atoms with Gasteiger partial charge < -0.3 is 4.74 Å². The number of ether oxygens (including phenoxy) is 1. The van der Waals surface area contributed by atoms with Gasteiger partial charge in [0.2, 0.25) is 0 Å². The summed E-state index contributed by atoms with van der Waals surface area (Å²) in [4.78, 5) is 0. The van der Waals surface area contributed by atoms with Gasteiger partial charge in [-0.2, -0.15) is 0 Å². The maximum Gasteiger partial charge on any atom is 0.128 e. The number of hydrogen-bond donors (Lipinski definition) is 2. The largest absolute Gasteiger partial charge is 0.385 e. The van der Waals surface area contributed by atoms with Crippen molar-refractivity contribution in [3.8, 4) is 0 Å². The smallest absolute Gasteiger partial charge is 0.128 e. The van der Waals surface area contributed by atoms with Crippen molar-refractivity contribution in [1.29, 1.82) is 0 Å². The Kier molecular flexibility index (Phi) is 5.31. The molecule has 90 valence electrons. The van der Waals surface area contributed by atoms with Gasteiger partial charge in [0.05, 0.1) is 0 Å². The van der Waals surface area contributed by atoms with Crippen LogP contribution in [0.3, 0.4) is 0 Å². The van der Waals surface area contributed by atoms with Crippen molar-refractivity contribution in [2.45, 2.75) is 18.9 Å². The highest BCUT2D eigenvalue weighted by Crippen LogP contribution is 2.21. The van der Waals surface area contributed by atoms with Gasteiger partial charge in [0.1, 0.15) is 11.6 Å². The molecule has 5 heteroatoms. The van der Waals surface area contributed by atoms with Crippen LogP contribution < -0.4 is 11.3 Å². The molecule has 0 fully saturated rings. The topological polar surface area (TPSA) is 47.3 Å². The van der Waals surface area contributed by atoms with Gasteiger partial charge in [-0.15, -0.1) is 0 Å². The zero-order valence-corrected chi connectivity index (χ0v) is 9.17. The van der Waals surface area contributed by atoms with Crippen molar-refractivity contribution in [2.75, 3.05) is 13.7 Å². The zero-order valence-electron chi connectivity index (χ0n) is 9.17. The van der Waals surface area contributed by atoms with Gasteiger partial charge in [0, 0.05) is 25.3 Å². The van der Waals surface area contributed by atoms with Crippen LogP contribution in [0.1, 0.15) is 24.4 Å². The molecule has 0 bridgehead atoms. The normalized spacial score (nSPS) is 12.8. The van der Waals surface area contributed by atoms with Crippen LogP contribution in [0.25, 0.3) is 0 Å². The van der Waals surface area contributed by atoms with Crippen LogP contribution in [0.4, 0.5) is 8.78 Å². The van der Waals surface area contributed by atoms with Gasteiger partial charge in [-0.05, 0) is 31.0 Å². The maximum absolute atomic E-state index is 13.4. The first-order valence-corrected chi connectivity index (χ1v) is 5.09. The Morgan fingerprint density at radius 2 is 2.19 bits per heavy atom. The molecule has 1 aromatic carbocycles. The highest BCUT2D eigenvalue weighted by atomic mass is 19.1. The van der Waals surface area contributed by atoms with Crippen LogP contribution >= 0.6 is 0 Å². The average molecular weight is 230 g/mol. The second-order valence-corrected chi connectivity index (χ2v) is 3.52. The molecule has 1 atom stereocenters. The van der Waals surface area contributed by atoms with Crippen LogP contribution in [-0.2, 0) is 4.74 Å². The van der Waals surface area contributed by atoms with Crippen LogP contribution in [0.2, 0.25) is 0 Å². The van der Waals surface area contributed by atoms with Crippen LogP contribution in [0, 0.1) is 11.6 Å². The third-order valence-electron chi connectivity index (χ3n) is 2.38. The fourth-order valence-electron chi connectivity index (χ4n) is 1.54. The maximum atomic E-state index is 13.4. The Labute approximate surface area is 93.6 Å². The Morgan fingerprint density at radius 1 is 1.44 bits per heavy atom. The molecule has 0 amide bonds. The molecule has 1 aromatic rings. The Bertz CT molecular complexity index is 334. The van der Waals surface area contributed by atoms with Gasteiger partial charge in [-0.3, -0.25) is 11.3 Å². The summed E-state index contributed by atoms with van der Waals surface area (Å²) in [6.45, 7) is 0.565. The first-order valence-electron chi connectivity index (χ1n) is 5.09. The molecule has 0 saturated heterocycles. The first kappa shape index (κ1) is 13.0. The molecule has 0 aliphatic heterocycles. The van der Waals surface area contributed by atoms with Gasteiger partial charge >= 0.3 is 0 Å². The van der Waals surface area contributed by atoms with E-state index in [2.05, 4.69) is 5.43 Å². The number of rotatable bonds is 6. The third kappa shape index (κ3) is 3.52. The van der Waals surface area contributed by atoms with Crippen molar-refractivity contribution in [2.24, 2.45) is 5.84 Å². The number of hydrazine groups is 1. The van der Waals surface area contributed by atoms with Crippen molar-refractivity contribution in [3.63, 3.8) is 0 Å². The van der Waals surface area contributed by atoms with Crippen molar-refractivity contribution < 1.29 is 13.5 Å². The molecule has 0 radical (unpaired) electrons. The van der Waals surface area contributed by atoms with E-state index in [9.17, 15) is 8.78 Å². The highest BCUT2D eigenvalue weighted by molar-refractivity contribution is 5.22. The van der Waals surface area contributed by atoms with Gasteiger partial charge in [-0.1, -0.05) is 0 Å². The molecule has 16 heavy (non-hydrogen) atoms. The number of nitrogens with two attached hydrogens (primary N) is 1. The molecule has 3 nitrogen and oxygen atoms in total. The molecular weight excluding hydrogens is 214 g/mol. The molecule has 1 unspecified atom stereocenters. The third-order valence-corrected chi connectivity index (χ3v) is 2.38. The van der Waals surface area contributed by atoms with Gasteiger partial charge in [0.15, 0.2) is 0 Å². The molecular formula is C11H16F2N2O. The standard InChI is InChI=1S/C11H16F2N2O/c1-16-6-2-3-11(15-14)9-7-8(12)4-5-10(9)13/h4-5,7,11,15H,2-3,6,14H2,1H3. The monoisotopic (exact) mass is 230 g/mol. The average Bonchev–Trinajstić information content (AvgIpc) is 2.28. The Hall–Kier alpha value is -1.04. The Morgan fingerprint density at radius 3 is 2.81 bits per heavy atom. The van der Waals surface area contributed by atoms with E-state index >= 15 is 0 Å². The quantitative estimate of drug-likeness (QED) is 0.446. The molecule has 0 spiro atoms. The summed E-state index contributed by atoms with van der Waals surface area (Å²) in [6, 6.07) is 2.95. The van der Waals surface area contributed by atoms with Crippen molar-refractivity contribution in [3.05, 3.63) is 35.4 Å². The van der Waals surface area contributed by atoms with E-state index in [1.54, 1.807) is 7.11 Å². The summed E-state index contributed by atoms with van der Waals surface area (Å²) in [6.07, 6.45) is 1.31. The number of benzene rings is 1. The van der Waals surface area contributed by atoms with Gasteiger partial charge in [0.25, 0.3) is 0 Å². The van der Waals surface area contributed by atoms with Crippen LogP contribution in [0.5, 0.6) is 0 Å². The molecule has 0 heterocycles. The van der Waals surface area contributed by atoms with E-state index in [1.165, 1.54) is 0 Å². The summed E-state index contributed by atoms with van der Waals surface area (Å²) in [5.74, 6) is 4.40. The zero-order chi connectivity index (χ0) is 12.0. The second-order valence-electron chi connectivity index (χ2n) is 3.52. The lowest BCUT2D eigenvalue weighted by Crippen LogP contribution is -2.29. The van der Waals surface area contributed by atoms with Crippen molar-refractivity contribution in [1.82, 2.24) is 5.43 Å². The molecule has 0 aromatic heterocycles. The summed E-state index contributed by atoms with van der Waals surface area (Å²) < 4.78 is 31.3. The highest BCUT2D eigenvalue weighted by Gasteiger charge is 2.14. The van der Waals surface area contributed by atoms with E-state index in [0.29, 0.717) is 13.0 Å². The van der Waals surface area contributed by atoms with E-state index < -0.39 is 17.7 Å². The molecule has 1 rings (SSSR count). The fourth-order valence-corrected chi connectivity index (χ4v) is 1.54. The predicted octanol–water partition coefficient (Wildman–Crippen LogP) is 1.90. The van der Waals surface area contributed by atoms with Crippen molar-refractivity contribution >= 4 is 0 Å². The van der Waals surface area contributed by atoms with Crippen LogP contribution in [0.15, 0.2) is 18.2 Å². The minimum Gasteiger partial charge on any atom is -0.385 e. The summed E-state index contributed by atoms with van der Waals surface area (Å²) >= 11 is 0. The lowest BCUT2D eigenvalue weighted by molar-refractivity contribution is 0.188. The predicted molar refractivity (Wildman–Crippen MR) is 57.5 cm³/mol. The number of methoxy groups -OCH3 is 1. The molecule has 0 aliphatic carbocycles. The van der Waals surface area contributed by atoms with Crippen LogP contribution in [-0.4, -0.2) is 13.7 Å². The lowest BCUT2D eigenvalue weighted by Gasteiger charge is -2.16. The minimum atomic E-state index is -0.469. The fraction of sp³-hybridized carbons (Fsp3) is 0.455. The minimum absolute atomic E-state index is 0.249. The lowest BCUT2D eigenvalue weighted by atomic mass is 10.0. The number of hydrogen-bond acceptors (Lipinski definition) is 3. The molecule has 3 N–H and O–H groups in total. The van der Waals surface area contributed by atoms with E-state index in [0.717, 1.165) is 24.6 Å². The summed E-state index contributed by atoms with van der Waals surface area (Å²) in [7, 11) is 1.59. The van der Waals surface area contributed by atoms with Gasteiger partial charge in [-0.25, -0.2) is 8.78 Å². The summed E-state index contributed by atoms with van der Waals surface area (Å²) in [5, 5.41) is 0. The number of nitrogens with one attached hydrogen (secondary N) is 1. The molecule has 0 aliphatic rings. The first-order chi connectivity index (χ1) is 7.69. The Balaban J connectivity index is 2.73. The van der Waals surface area contributed by atoms with E-state index in [-0.39, 0.29) is 5.56 Å². The van der Waals surface area contributed by atoms with E-state index in [1.807, 2.05) is 0 Å². The number of halogens is 2. The summed E-state index contributed by atoms with van der Waals surface area (Å²) in [5.41, 5.74) is 2.73. The SMILES string of the molecule is COCCCC(NN)c1cc(F)ccc1F. The molecule has 0 saturated carbocycles.